The monoisotopic (exact) mass is 458 g/mol. The average molecular weight is 459 g/mol. The van der Waals surface area contributed by atoms with Gasteiger partial charge in [0.05, 0.1) is 5.56 Å². The number of rotatable bonds is 8. The van der Waals surface area contributed by atoms with Gasteiger partial charge in [0.15, 0.2) is 0 Å². The maximum atomic E-state index is 12.8. The van der Waals surface area contributed by atoms with Gasteiger partial charge in [0, 0.05) is 11.6 Å². The zero-order chi connectivity index (χ0) is 24.1. The van der Waals surface area contributed by atoms with Gasteiger partial charge < -0.3 is 20.5 Å². The Morgan fingerprint density at radius 2 is 1.59 bits per heavy atom. The molecule has 3 aromatic rings. The summed E-state index contributed by atoms with van der Waals surface area (Å²) in [6.45, 7) is 2.06. The zero-order valence-corrected chi connectivity index (χ0v) is 18.8. The molecule has 0 fully saturated rings. The molecule has 7 heteroatoms. The van der Waals surface area contributed by atoms with E-state index in [2.05, 4.69) is 22.8 Å². The molecule has 0 bridgehead atoms. The number of amides is 2. The maximum absolute atomic E-state index is 12.8. The molecule has 1 atom stereocenters. The van der Waals surface area contributed by atoms with Gasteiger partial charge >= 0.3 is 12.1 Å². The molecular formula is C27H26N2O5. The van der Waals surface area contributed by atoms with Gasteiger partial charge in [-0.25, -0.2) is 9.59 Å². The molecule has 4 rings (SSSR count). The van der Waals surface area contributed by atoms with Crippen molar-refractivity contribution in [2.75, 3.05) is 11.9 Å². The Labute approximate surface area is 197 Å². The first kappa shape index (κ1) is 23.0. The van der Waals surface area contributed by atoms with Crippen LogP contribution in [0.3, 0.4) is 0 Å². The summed E-state index contributed by atoms with van der Waals surface area (Å²) in [6, 6.07) is 21.3. The van der Waals surface area contributed by atoms with Crippen molar-refractivity contribution < 1.29 is 24.2 Å². The molecule has 0 aromatic heterocycles. The highest BCUT2D eigenvalue weighted by Crippen LogP contribution is 2.44. The lowest BCUT2D eigenvalue weighted by Crippen LogP contribution is -2.44. The van der Waals surface area contributed by atoms with Gasteiger partial charge in [-0.05, 0) is 46.9 Å². The summed E-state index contributed by atoms with van der Waals surface area (Å²) in [5, 5.41) is 14.5. The second-order valence-electron chi connectivity index (χ2n) is 8.19. The van der Waals surface area contributed by atoms with E-state index in [0.717, 1.165) is 22.3 Å². The van der Waals surface area contributed by atoms with Crippen LogP contribution in [0.4, 0.5) is 10.5 Å². The maximum Gasteiger partial charge on any atom is 0.407 e. The second-order valence-corrected chi connectivity index (χ2v) is 8.19. The van der Waals surface area contributed by atoms with Gasteiger partial charge in [-0.15, -0.1) is 0 Å². The first-order valence-corrected chi connectivity index (χ1v) is 11.2. The van der Waals surface area contributed by atoms with Crippen molar-refractivity contribution in [3.05, 3.63) is 89.5 Å². The highest BCUT2D eigenvalue weighted by atomic mass is 16.5. The van der Waals surface area contributed by atoms with Gasteiger partial charge in [0.1, 0.15) is 12.6 Å². The van der Waals surface area contributed by atoms with Crippen molar-refractivity contribution in [1.82, 2.24) is 5.32 Å². The summed E-state index contributed by atoms with van der Waals surface area (Å²) < 4.78 is 5.56. The standard InChI is InChI=1S/C27H26N2O5/c1-2-8-24(25(30)28-18-10-7-9-17(15-18)26(31)32)29-27(33)34-16-23-21-13-5-3-11-19(21)20-12-4-6-14-22(20)23/h3-7,9-15,23-24H,2,8,16H2,1H3,(H,28,30)(H,29,33)(H,31,32)/t24-/m0/s1. The van der Waals surface area contributed by atoms with Gasteiger partial charge in [-0.2, -0.15) is 0 Å². The van der Waals surface area contributed by atoms with Gasteiger partial charge in [-0.3, -0.25) is 4.79 Å². The molecule has 0 radical (unpaired) electrons. The van der Waals surface area contributed by atoms with Crippen LogP contribution in [0.2, 0.25) is 0 Å². The van der Waals surface area contributed by atoms with Crippen LogP contribution >= 0.6 is 0 Å². The van der Waals surface area contributed by atoms with Crippen LogP contribution in [0.5, 0.6) is 0 Å². The minimum absolute atomic E-state index is 0.0642. The number of aromatic carboxylic acids is 1. The Hall–Kier alpha value is -4.13. The summed E-state index contributed by atoms with van der Waals surface area (Å²) in [5.74, 6) is -1.59. The van der Waals surface area contributed by atoms with Gasteiger partial charge in [-0.1, -0.05) is 67.9 Å². The van der Waals surface area contributed by atoms with Crippen molar-refractivity contribution in [1.29, 1.82) is 0 Å². The predicted molar refractivity (Wildman–Crippen MR) is 129 cm³/mol. The first-order valence-electron chi connectivity index (χ1n) is 11.2. The summed E-state index contributed by atoms with van der Waals surface area (Å²) in [7, 11) is 0. The van der Waals surface area contributed by atoms with E-state index in [4.69, 9.17) is 9.84 Å². The zero-order valence-electron chi connectivity index (χ0n) is 18.8. The molecule has 0 aliphatic heterocycles. The molecular weight excluding hydrogens is 432 g/mol. The van der Waals surface area contributed by atoms with Crippen molar-refractivity contribution in [3.63, 3.8) is 0 Å². The third-order valence-corrected chi connectivity index (χ3v) is 5.91. The number of anilines is 1. The normalized spacial score (nSPS) is 12.9. The van der Waals surface area contributed by atoms with Crippen LogP contribution in [0, 0.1) is 0 Å². The fraction of sp³-hybridized carbons (Fsp3) is 0.222. The quantitative estimate of drug-likeness (QED) is 0.439. The number of carboxylic acid groups (broad SMARTS) is 1. The molecule has 3 N–H and O–H groups in total. The van der Waals surface area contributed by atoms with E-state index in [1.54, 1.807) is 12.1 Å². The number of hydrogen-bond donors (Lipinski definition) is 3. The van der Waals surface area contributed by atoms with Gasteiger partial charge in [0.2, 0.25) is 5.91 Å². The van der Waals surface area contributed by atoms with Crippen LogP contribution in [0.1, 0.15) is 47.2 Å². The lowest BCUT2D eigenvalue weighted by atomic mass is 9.98. The van der Waals surface area contributed by atoms with E-state index in [9.17, 15) is 14.4 Å². The molecule has 34 heavy (non-hydrogen) atoms. The molecule has 0 spiro atoms. The molecule has 0 unspecified atom stereocenters. The number of carboxylic acids is 1. The number of alkyl carbamates (subject to hydrolysis) is 1. The Morgan fingerprint density at radius 1 is 0.941 bits per heavy atom. The smallest absolute Gasteiger partial charge is 0.407 e. The third kappa shape index (κ3) is 4.93. The average Bonchev–Trinajstić information content (AvgIpc) is 3.16. The molecule has 174 valence electrons. The Kier molecular flexibility index (Phi) is 6.92. The first-order chi connectivity index (χ1) is 16.5. The number of benzene rings is 3. The molecule has 0 heterocycles. The third-order valence-electron chi connectivity index (χ3n) is 5.91. The van der Waals surface area contributed by atoms with E-state index < -0.39 is 24.0 Å². The van der Waals surface area contributed by atoms with Crippen LogP contribution in [-0.4, -0.2) is 35.7 Å². The van der Waals surface area contributed by atoms with Crippen molar-refractivity contribution in [2.24, 2.45) is 0 Å². The predicted octanol–water partition coefficient (Wildman–Crippen LogP) is 5.03. The van der Waals surface area contributed by atoms with Crippen molar-refractivity contribution in [2.45, 2.75) is 31.7 Å². The molecule has 0 saturated heterocycles. The van der Waals surface area contributed by atoms with Crippen molar-refractivity contribution in [3.8, 4) is 11.1 Å². The Morgan fingerprint density at radius 3 is 2.21 bits per heavy atom. The number of hydrogen-bond acceptors (Lipinski definition) is 4. The van der Waals surface area contributed by atoms with E-state index >= 15 is 0 Å². The van der Waals surface area contributed by atoms with Crippen molar-refractivity contribution >= 4 is 23.7 Å². The minimum atomic E-state index is -1.09. The van der Waals surface area contributed by atoms with Crippen LogP contribution < -0.4 is 10.6 Å². The summed E-state index contributed by atoms with van der Waals surface area (Å²) >= 11 is 0. The molecule has 0 saturated carbocycles. The number of ether oxygens (including phenoxy) is 1. The highest BCUT2D eigenvalue weighted by molar-refractivity contribution is 5.98. The van der Waals surface area contributed by atoms with Crippen LogP contribution in [-0.2, 0) is 9.53 Å². The SMILES string of the molecule is CCC[C@H](NC(=O)OCC1c2ccccc2-c2ccccc21)C(=O)Nc1cccc(C(=O)O)c1. The highest BCUT2D eigenvalue weighted by Gasteiger charge is 2.29. The van der Waals surface area contributed by atoms with Crippen LogP contribution in [0.15, 0.2) is 72.8 Å². The fourth-order valence-corrected chi connectivity index (χ4v) is 4.30. The Balaban J connectivity index is 1.40. The minimum Gasteiger partial charge on any atom is -0.478 e. The molecule has 7 nitrogen and oxygen atoms in total. The van der Waals surface area contributed by atoms with Gasteiger partial charge in [0.25, 0.3) is 0 Å². The summed E-state index contributed by atoms with van der Waals surface area (Å²) in [5.41, 5.74) is 4.91. The molecule has 3 aromatic carbocycles. The largest absolute Gasteiger partial charge is 0.478 e. The summed E-state index contributed by atoms with van der Waals surface area (Å²) in [6.07, 6.45) is 0.403. The lowest BCUT2D eigenvalue weighted by Gasteiger charge is -2.19. The van der Waals surface area contributed by atoms with E-state index in [1.165, 1.54) is 12.1 Å². The van der Waals surface area contributed by atoms with E-state index in [1.807, 2.05) is 43.3 Å². The second kappa shape index (κ2) is 10.2. The molecule has 1 aliphatic carbocycles. The number of carbonyl (C=O) groups is 3. The Bertz CT molecular complexity index is 1180. The summed E-state index contributed by atoms with van der Waals surface area (Å²) in [4.78, 5) is 36.6. The molecule has 2 amide bonds. The number of carbonyl (C=O) groups excluding carboxylic acids is 2. The lowest BCUT2D eigenvalue weighted by molar-refractivity contribution is -0.118. The number of nitrogens with one attached hydrogen (secondary N) is 2. The topological polar surface area (TPSA) is 105 Å². The van der Waals surface area contributed by atoms with Crippen LogP contribution in [0.25, 0.3) is 11.1 Å². The van der Waals surface area contributed by atoms with E-state index in [0.29, 0.717) is 18.5 Å². The number of fused-ring (bicyclic) bond motifs is 3. The fourth-order valence-electron chi connectivity index (χ4n) is 4.30. The molecule has 1 aliphatic rings. The van der Waals surface area contributed by atoms with E-state index in [-0.39, 0.29) is 18.1 Å².